The van der Waals surface area contributed by atoms with Gasteiger partial charge in [-0.05, 0) is 24.8 Å². The van der Waals surface area contributed by atoms with E-state index in [1.54, 1.807) is 0 Å². The topological polar surface area (TPSA) is 101 Å². The second kappa shape index (κ2) is 8.20. The van der Waals surface area contributed by atoms with E-state index < -0.39 is 0 Å². The Bertz CT molecular complexity index is 948. The molecule has 7 nitrogen and oxygen atoms in total. The number of amides is 1. The van der Waals surface area contributed by atoms with Gasteiger partial charge in [0, 0.05) is 30.0 Å². The summed E-state index contributed by atoms with van der Waals surface area (Å²) in [6.07, 6.45) is 2.91. The number of aromatic nitrogens is 4. The van der Waals surface area contributed by atoms with Crippen molar-refractivity contribution in [2.75, 3.05) is 13.1 Å². The molecule has 1 saturated heterocycles. The predicted octanol–water partition coefficient (Wildman–Crippen LogP) is 2.97. The SMILES string of the molecule is CCc1ccc(-c2nc(C(=O)N3CCCC(c4n[nH]c(CN)n4)C3)cs2)cc1. The van der Waals surface area contributed by atoms with Gasteiger partial charge in [0.2, 0.25) is 0 Å². The van der Waals surface area contributed by atoms with Crippen LogP contribution in [0.1, 0.15) is 53.4 Å². The molecule has 1 aliphatic rings. The van der Waals surface area contributed by atoms with Crippen LogP contribution in [0.3, 0.4) is 0 Å². The Kier molecular flexibility index (Phi) is 5.50. The Hall–Kier alpha value is -2.58. The molecule has 2 aromatic heterocycles. The van der Waals surface area contributed by atoms with Crippen LogP contribution in [0.25, 0.3) is 10.6 Å². The van der Waals surface area contributed by atoms with Crippen molar-refractivity contribution in [3.05, 3.63) is 52.6 Å². The molecule has 8 heteroatoms. The second-order valence-corrected chi connectivity index (χ2v) is 7.88. The summed E-state index contributed by atoms with van der Waals surface area (Å²) in [5.74, 6) is 1.53. The van der Waals surface area contributed by atoms with Gasteiger partial charge in [0.15, 0.2) is 5.82 Å². The zero-order valence-corrected chi connectivity index (χ0v) is 16.7. The zero-order valence-electron chi connectivity index (χ0n) is 15.9. The number of hydrogen-bond acceptors (Lipinski definition) is 6. The monoisotopic (exact) mass is 396 g/mol. The lowest BCUT2D eigenvalue weighted by Gasteiger charge is -2.31. The van der Waals surface area contributed by atoms with Crippen LogP contribution in [0.5, 0.6) is 0 Å². The number of piperidine rings is 1. The number of carbonyl (C=O) groups excluding carboxylic acids is 1. The largest absolute Gasteiger partial charge is 0.337 e. The number of nitrogens with one attached hydrogen (secondary N) is 1. The number of benzene rings is 1. The molecular weight excluding hydrogens is 372 g/mol. The minimum atomic E-state index is -0.0213. The third-order valence-corrected chi connectivity index (χ3v) is 6.04. The standard InChI is InChI=1S/C20H24N6OS/c1-2-13-5-7-14(8-6-13)19-22-16(12-28-19)20(27)26-9-3-4-15(11-26)18-23-17(10-21)24-25-18/h5-8,12,15H,2-4,9-11,21H2,1H3,(H,23,24,25). The van der Waals surface area contributed by atoms with Gasteiger partial charge in [-0.3, -0.25) is 9.89 Å². The molecule has 3 aromatic rings. The van der Waals surface area contributed by atoms with E-state index in [1.165, 1.54) is 16.9 Å². The van der Waals surface area contributed by atoms with Crippen molar-refractivity contribution in [2.24, 2.45) is 5.73 Å². The van der Waals surface area contributed by atoms with E-state index in [9.17, 15) is 4.79 Å². The molecule has 0 spiro atoms. The normalized spacial score (nSPS) is 17.1. The zero-order chi connectivity index (χ0) is 19.5. The Balaban J connectivity index is 1.47. The highest BCUT2D eigenvalue weighted by Crippen LogP contribution is 2.28. The Morgan fingerprint density at radius 2 is 2.14 bits per heavy atom. The number of carbonyl (C=O) groups is 1. The summed E-state index contributed by atoms with van der Waals surface area (Å²) < 4.78 is 0. The lowest BCUT2D eigenvalue weighted by atomic mass is 9.97. The van der Waals surface area contributed by atoms with Gasteiger partial charge in [0.25, 0.3) is 5.91 Å². The summed E-state index contributed by atoms with van der Waals surface area (Å²) in [6.45, 7) is 3.82. The molecule has 0 saturated carbocycles. The maximum atomic E-state index is 13.0. The van der Waals surface area contributed by atoms with Gasteiger partial charge in [-0.25, -0.2) is 9.97 Å². The van der Waals surface area contributed by atoms with Crippen LogP contribution in [0.15, 0.2) is 29.6 Å². The molecule has 1 atom stereocenters. The third kappa shape index (κ3) is 3.83. The fourth-order valence-corrected chi connectivity index (χ4v) is 4.31. The van der Waals surface area contributed by atoms with E-state index in [0.29, 0.717) is 24.6 Å². The number of nitrogens with two attached hydrogens (primary N) is 1. The van der Waals surface area contributed by atoms with Crippen LogP contribution in [-0.2, 0) is 13.0 Å². The number of aromatic amines is 1. The highest BCUT2D eigenvalue weighted by Gasteiger charge is 2.29. The van der Waals surface area contributed by atoms with Crippen molar-refractivity contribution in [2.45, 2.75) is 38.6 Å². The average molecular weight is 397 g/mol. The molecule has 1 amide bonds. The van der Waals surface area contributed by atoms with Crippen molar-refractivity contribution < 1.29 is 4.79 Å². The quantitative estimate of drug-likeness (QED) is 0.690. The molecule has 3 N–H and O–H groups in total. The number of hydrogen-bond donors (Lipinski definition) is 2. The Morgan fingerprint density at radius 1 is 1.32 bits per heavy atom. The van der Waals surface area contributed by atoms with E-state index in [0.717, 1.165) is 42.2 Å². The molecule has 0 radical (unpaired) electrons. The van der Waals surface area contributed by atoms with Gasteiger partial charge in [-0.15, -0.1) is 11.3 Å². The van der Waals surface area contributed by atoms with Gasteiger partial charge >= 0.3 is 0 Å². The number of nitrogens with zero attached hydrogens (tertiary/aromatic N) is 4. The molecule has 146 valence electrons. The van der Waals surface area contributed by atoms with Crippen molar-refractivity contribution >= 4 is 17.2 Å². The lowest BCUT2D eigenvalue weighted by Crippen LogP contribution is -2.39. The first-order chi connectivity index (χ1) is 13.7. The maximum absolute atomic E-state index is 13.0. The summed E-state index contributed by atoms with van der Waals surface area (Å²) in [4.78, 5) is 23.9. The van der Waals surface area contributed by atoms with E-state index in [2.05, 4.69) is 51.4 Å². The fourth-order valence-electron chi connectivity index (χ4n) is 3.51. The number of likely N-dealkylation sites (tertiary alicyclic amines) is 1. The van der Waals surface area contributed by atoms with Gasteiger partial charge in [0.1, 0.15) is 16.5 Å². The number of H-pyrrole nitrogens is 1. The highest BCUT2D eigenvalue weighted by atomic mass is 32.1. The highest BCUT2D eigenvalue weighted by molar-refractivity contribution is 7.13. The van der Waals surface area contributed by atoms with E-state index in [1.807, 2.05) is 10.3 Å². The summed E-state index contributed by atoms with van der Waals surface area (Å²) in [5.41, 5.74) is 8.46. The van der Waals surface area contributed by atoms with Crippen LogP contribution < -0.4 is 5.73 Å². The smallest absolute Gasteiger partial charge is 0.273 e. The van der Waals surface area contributed by atoms with Crippen LogP contribution in [0, 0.1) is 0 Å². The van der Waals surface area contributed by atoms with Crippen LogP contribution in [-0.4, -0.2) is 44.1 Å². The number of aryl methyl sites for hydroxylation is 1. The van der Waals surface area contributed by atoms with Crippen molar-refractivity contribution in [3.8, 4) is 10.6 Å². The van der Waals surface area contributed by atoms with Gasteiger partial charge in [-0.1, -0.05) is 31.2 Å². The molecule has 4 rings (SSSR count). The minimum Gasteiger partial charge on any atom is -0.337 e. The maximum Gasteiger partial charge on any atom is 0.273 e. The van der Waals surface area contributed by atoms with E-state index in [4.69, 9.17) is 5.73 Å². The van der Waals surface area contributed by atoms with Crippen LogP contribution in [0.4, 0.5) is 0 Å². The van der Waals surface area contributed by atoms with Gasteiger partial charge < -0.3 is 10.6 Å². The fraction of sp³-hybridized carbons (Fsp3) is 0.400. The third-order valence-electron chi connectivity index (χ3n) is 5.15. The second-order valence-electron chi connectivity index (χ2n) is 7.02. The summed E-state index contributed by atoms with van der Waals surface area (Å²) in [6, 6.07) is 8.36. The van der Waals surface area contributed by atoms with Crippen molar-refractivity contribution in [1.29, 1.82) is 0 Å². The first-order valence-corrected chi connectivity index (χ1v) is 10.5. The molecule has 1 aromatic carbocycles. The van der Waals surface area contributed by atoms with Crippen molar-refractivity contribution in [3.63, 3.8) is 0 Å². The van der Waals surface area contributed by atoms with Crippen LogP contribution in [0.2, 0.25) is 0 Å². The Morgan fingerprint density at radius 3 is 2.86 bits per heavy atom. The molecule has 0 bridgehead atoms. The first-order valence-electron chi connectivity index (χ1n) is 9.63. The molecule has 0 aliphatic carbocycles. The van der Waals surface area contributed by atoms with Crippen molar-refractivity contribution in [1.82, 2.24) is 25.1 Å². The molecule has 28 heavy (non-hydrogen) atoms. The number of thiazole rings is 1. The Labute approximate surface area is 168 Å². The molecule has 1 fully saturated rings. The van der Waals surface area contributed by atoms with Crippen LogP contribution >= 0.6 is 11.3 Å². The van der Waals surface area contributed by atoms with Gasteiger partial charge in [0.05, 0.1) is 6.54 Å². The lowest BCUT2D eigenvalue weighted by molar-refractivity contribution is 0.0699. The first kappa shape index (κ1) is 18.8. The van der Waals surface area contributed by atoms with E-state index in [-0.39, 0.29) is 11.8 Å². The average Bonchev–Trinajstić information content (AvgIpc) is 3.43. The predicted molar refractivity (Wildman–Crippen MR) is 109 cm³/mol. The minimum absolute atomic E-state index is 0.0213. The summed E-state index contributed by atoms with van der Waals surface area (Å²) in [7, 11) is 0. The van der Waals surface area contributed by atoms with E-state index >= 15 is 0 Å². The summed E-state index contributed by atoms with van der Waals surface area (Å²) >= 11 is 1.51. The van der Waals surface area contributed by atoms with Gasteiger partial charge in [-0.2, -0.15) is 5.10 Å². The molecular formula is C20H24N6OS. The molecule has 3 heterocycles. The summed E-state index contributed by atoms with van der Waals surface area (Å²) in [5, 5.41) is 9.86. The molecule has 1 aliphatic heterocycles. The number of rotatable bonds is 5. The molecule has 1 unspecified atom stereocenters.